The van der Waals surface area contributed by atoms with Gasteiger partial charge in [0.25, 0.3) is 10.0 Å². The molecule has 2 amide bonds. The highest BCUT2D eigenvalue weighted by Crippen LogP contribution is 2.33. The first-order valence-electron chi connectivity index (χ1n) is 12.8. The number of para-hydroxylation sites is 2. The first-order chi connectivity index (χ1) is 19.5. The molecule has 0 radical (unpaired) electrons. The second-order valence-electron chi connectivity index (χ2n) is 9.10. The number of rotatable bonds is 13. The largest absolute Gasteiger partial charge is 0.497 e. The van der Waals surface area contributed by atoms with Gasteiger partial charge in [-0.15, -0.1) is 0 Å². The van der Waals surface area contributed by atoms with E-state index in [9.17, 15) is 18.0 Å². The molecule has 0 heterocycles. The van der Waals surface area contributed by atoms with Crippen LogP contribution in [0.2, 0.25) is 10.0 Å². The van der Waals surface area contributed by atoms with Crippen LogP contribution in [0.4, 0.5) is 5.69 Å². The fourth-order valence-corrected chi connectivity index (χ4v) is 5.78. The van der Waals surface area contributed by atoms with E-state index in [1.165, 1.54) is 43.4 Å². The Morgan fingerprint density at radius 1 is 0.951 bits per heavy atom. The number of sulfonamides is 1. The Hall–Kier alpha value is -3.47. The average molecular weight is 623 g/mol. The highest BCUT2D eigenvalue weighted by atomic mass is 35.5. The molecule has 3 aromatic rings. The lowest BCUT2D eigenvalue weighted by Gasteiger charge is -2.32. The smallest absolute Gasteiger partial charge is 0.264 e. The summed E-state index contributed by atoms with van der Waals surface area (Å²) in [6.45, 7) is 3.31. The number of nitrogens with zero attached hydrogens (tertiary/aromatic N) is 2. The zero-order chi connectivity index (χ0) is 30.2. The quantitative estimate of drug-likeness (QED) is 0.283. The SMILES string of the molecule is CCCNC(=O)C(C)N(Cc1ccc(Cl)c(Cl)c1)C(=O)CN(c1ccccc1OC)S(=O)(=O)c1ccc(OC)cc1. The van der Waals surface area contributed by atoms with Crippen molar-refractivity contribution in [2.24, 2.45) is 0 Å². The third-order valence-electron chi connectivity index (χ3n) is 6.33. The molecule has 0 saturated heterocycles. The van der Waals surface area contributed by atoms with Crippen molar-refractivity contribution >= 4 is 50.7 Å². The van der Waals surface area contributed by atoms with Crippen LogP contribution in [0, 0.1) is 0 Å². The lowest BCUT2D eigenvalue weighted by molar-refractivity contribution is -0.139. The summed E-state index contributed by atoms with van der Waals surface area (Å²) < 4.78 is 39.6. The van der Waals surface area contributed by atoms with Crippen LogP contribution >= 0.6 is 23.2 Å². The van der Waals surface area contributed by atoms with E-state index in [1.807, 2.05) is 6.92 Å². The zero-order valence-electron chi connectivity index (χ0n) is 23.3. The summed E-state index contributed by atoms with van der Waals surface area (Å²) in [5, 5.41) is 3.43. The minimum atomic E-state index is -4.27. The number of nitrogens with one attached hydrogen (secondary N) is 1. The van der Waals surface area contributed by atoms with Gasteiger partial charge in [0.05, 0.1) is 34.8 Å². The molecule has 0 saturated carbocycles. The fourth-order valence-electron chi connectivity index (χ4n) is 4.04. The Morgan fingerprint density at radius 2 is 1.63 bits per heavy atom. The van der Waals surface area contributed by atoms with Crippen molar-refractivity contribution < 1.29 is 27.5 Å². The Morgan fingerprint density at radius 3 is 2.24 bits per heavy atom. The maximum absolute atomic E-state index is 14.0. The number of anilines is 1. The predicted octanol–water partition coefficient (Wildman–Crippen LogP) is 5.15. The normalized spacial score (nSPS) is 11.9. The van der Waals surface area contributed by atoms with E-state index in [-0.39, 0.29) is 33.8 Å². The number of benzene rings is 3. The summed E-state index contributed by atoms with van der Waals surface area (Å²) in [4.78, 5) is 28.2. The molecule has 3 aromatic carbocycles. The molecule has 0 aliphatic heterocycles. The van der Waals surface area contributed by atoms with Crippen LogP contribution in [0.25, 0.3) is 0 Å². The Balaban J connectivity index is 2.07. The molecule has 0 fully saturated rings. The third-order valence-corrected chi connectivity index (χ3v) is 8.85. The number of halogens is 2. The minimum absolute atomic E-state index is 0.0151. The van der Waals surface area contributed by atoms with Gasteiger partial charge in [0.1, 0.15) is 24.1 Å². The maximum Gasteiger partial charge on any atom is 0.264 e. The average Bonchev–Trinajstić information content (AvgIpc) is 2.98. The van der Waals surface area contributed by atoms with Crippen molar-refractivity contribution in [1.82, 2.24) is 10.2 Å². The van der Waals surface area contributed by atoms with E-state index in [1.54, 1.807) is 49.4 Å². The fraction of sp³-hybridized carbons (Fsp3) is 0.310. The van der Waals surface area contributed by atoms with Gasteiger partial charge in [0.15, 0.2) is 0 Å². The van der Waals surface area contributed by atoms with Crippen LogP contribution in [0.15, 0.2) is 71.6 Å². The topological polar surface area (TPSA) is 105 Å². The standard InChI is InChI=1S/C29H33Cl2N3O6S/c1-5-16-32-29(36)20(2)33(18-21-10-15-24(30)25(31)17-21)28(35)19-34(26-8-6-7-9-27(26)40-4)41(37,38)23-13-11-22(39-3)12-14-23/h6-15,17,20H,5,16,18-19H2,1-4H3,(H,32,36). The van der Waals surface area contributed by atoms with Crippen molar-refractivity contribution in [3.8, 4) is 11.5 Å². The first-order valence-corrected chi connectivity index (χ1v) is 15.0. The molecule has 0 bridgehead atoms. The van der Waals surface area contributed by atoms with Crippen molar-refractivity contribution in [2.75, 3.05) is 31.6 Å². The van der Waals surface area contributed by atoms with Gasteiger partial charge >= 0.3 is 0 Å². The van der Waals surface area contributed by atoms with Crippen molar-refractivity contribution in [1.29, 1.82) is 0 Å². The first kappa shape index (κ1) is 32.0. The number of amides is 2. The Labute approximate surface area is 251 Å². The van der Waals surface area contributed by atoms with Gasteiger partial charge in [-0.2, -0.15) is 0 Å². The molecule has 0 aliphatic rings. The van der Waals surface area contributed by atoms with Crippen LogP contribution < -0.4 is 19.1 Å². The van der Waals surface area contributed by atoms with Crippen molar-refractivity contribution in [3.05, 3.63) is 82.3 Å². The van der Waals surface area contributed by atoms with E-state index in [0.29, 0.717) is 29.3 Å². The molecule has 220 valence electrons. The number of methoxy groups -OCH3 is 2. The van der Waals surface area contributed by atoms with Crippen LogP contribution in [0.5, 0.6) is 11.5 Å². The number of hydrogen-bond acceptors (Lipinski definition) is 6. The molecular weight excluding hydrogens is 589 g/mol. The molecule has 0 spiro atoms. The van der Waals surface area contributed by atoms with Crippen LogP contribution in [0.1, 0.15) is 25.8 Å². The van der Waals surface area contributed by atoms with Gasteiger partial charge in [-0.3, -0.25) is 13.9 Å². The predicted molar refractivity (Wildman–Crippen MR) is 160 cm³/mol. The highest BCUT2D eigenvalue weighted by molar-refractivity contribution is 7.92. The number of carbonyl (C=O) groups excluding carboxylic acids is 2. The molecular formula is C29H33Cl2N3O6S. The van der Waals surface area contributed by atoms with Crippen LogP contribution in [-0.2, 0) is 26.2 Å². The second-order valence-corrected chi connectivity index (χ2v) is 11.8. The van der Waals surface area contributed by atoms with E-state index in [4.69, 9.17) is 32.7 Å². The van der Waals surface area contributed by atoms with E-state index < -0.39 is 28.5 Å². The van der Waals surface area contributed by atoms with Gasteiger partial charge in [-0.25, -0.2) is 8.42 Å². The summed E-state index contributed by atoms with van der Waals surface area (Å²) >= 11 is 12.3. The molecule has 0 aromatic heterocycles. The molecule has 1 N–H and O–H groups in total. The van der Waals surface area contributed by atoms with E-state index >= 15 is 0 Å². The van der Waals surface area contributed by atoms with Gasteiger partial charge in [-0.1, -0.05) is 48.3 Å². The lowest BCUT2D eigenvalue weighted by Crippen LogP contribution is -2.51. The van der Waals surface area contributed by atoms with Gasteiger partial charge in [0.2, 0.25) is 11.8 Å². The second kappa shape index (κ2) is 14.4. The van der Waals surface area contributed by atoms with Crippen LogP contribution in [0.3, 0.4) is 0 Å². The van der Waals surface area contributed by atoms with E-state index in [0.717, 1.165) is 4.31 Å². The Kier molecular flexibility index (Phi) is 11.3. The monoisotopic (exact) mass is 621 g/mol. The molecule has 1 atom stereocenters. The number of carbonyl (C=O) groups is 2. The molecule has 9 nitrogen and oxygen atoms in total. The molecule has 41 heavy (non-hydrogen) atoms. The molecule has 1 unspecified atom stereocenters. The minimum Gasteiger partial charge on any atom is -0.497 e. The molecule has 12 heteroatoms. The number of hydrogen-bond donors (Lipinski definition) is 1. The molecule has 0 aliphatic carbocycles. The summed E-state index contributed by atoms with van der Waals surface area (Å²) in [7, 11) is -1.39. The summed E-state index contributed by atoms with van der Waals surface area (Å²) in [5.41, 5.74) is 0.779. The van der Waals surface area contributed by atoms with Crippen molar-refractivity contribution in [2.45, 2.75) is 37.8 Å². The zero-order valence-corrected chi connectivity index (χ0v) is 25.6. The highest BCUT2D eigenvalue weighted by Gasteiger charge is 2.33. The summed E-state index contributed by atoms with van der Waals surface area (Å²) in [5.74, 6) is -0.258. The number of ether oxygens (including phenoxy) is 2. The summed E-state index contributed by atoms with van der Waals surface area (Å²) in [6, 6.07) is 16.3. The van der Waals surface area contributed by atoms with Crippen molar-refractivity contribution in [3.63, 3.8) is 0 Å². The third kappa shape index (κ3) is 7.84. The molecule has 3 rings (SSSR count). The van der Waals surface area contributed by atoms with Gasteiger partial charge < -0.3 is 19.7 Å². The van der Waals surface area contributed by atoms with Crippen LogP contribution in [-0.4, -0.2) is 58.5 Å². The maximum atomic E-state index is 14.0. The Bertz CT molecular complexity index is 1470. The lowest BCUT2D eigenvalue weighted by atomic mass is 10.1. The summed E-state index contributed by atoms with van der Waals surface area (Å²) in [6.07, 6.45) is 0.709. The van der Waals surface area contributed by atoms with E-state index in [2.05, 4.69) is 5.32 Å². The van der Waals surface area contributed by atoms with Gasteiger partial charge in [0, 0.05) is 13.1 Å². The van der Waals surface area contributed by atoms with Gasteiger partial charge in [-0.05, 0) is 67.4 Å².